The number of hydrogen-bond acceptors (Lipinski definition) is 2. The van der Waals surface area contributed by atoms with Crippen molar-refractivity contribution in [3.8, 4) is 0 Å². The molecule has 0 atom stereocenters. The number of allylic oxidation sites excluding steroid dienone is 1. The number of rotatable bonds is 5. The van der Waals surface area contributed by atoms with Crippen LogP contribution in [0.25, 0.3) is 0 Å². The van der Waals surface area contributed by atoms with E-state index in [0.29, 0.717) is 6.54 Å². The monoisotopic (exact) mass is 207 g/mol. The molecule has 15 heavy (non-hydrogen) atoms. The van der Waals surface area contributed by atoms with Gasteiger partial charge in [0.25, 0.3) is 0 Å². The molecule has 0 fully saturated rings. The van der Waals surface area contributed by atoms with Gasteiger partial charge in [0.15, 0.2) is 0 Å². The van der Waals surface area contributed by atoms with Crippen LogP contribution in [0.5, 0.6) is 0 Å². The highest BCUT2D eigenvalue weighted by Crippen LogP contribution is 1.94. The second-order valence-corrected chi connectivity index (χ2v) is 3.35. The predicted molar refractivity (Wildman–Crippen MR) is 59.3 cm³/mol. The Morgan fingerprint density at radius 2 is 2.40 bits per heavy atom. The fraction of sp³-hybridized carbons (Fsp3) is 0.455. The van der Waals surface area contributed by atoms with Crippen molar-refractivity contribution in [2.45, 2.75) is 26.8 Å². The van der Waals surface area contributed by atoms with E-state index in [0.717, 1.165) is 18.5 Å². The van der Waals surface area contributed by atoms with Gasteiger partial charge in [-0.2, -0.15) is 0 Å². The molecule has 0 aromatic carbocycles. The van der Waals surface area contributed by atoms with Crippen LogP contribution < -0.4 is 5.32 Å². The van der Waals surface area contributed by atoms with Crippen molar-refractivity contribution in [2.75, 3.05) is 6.54 Å². The summed E-state index contributed by atoms with van der Waals surface area (Å²) in [5.74, 6) is 0.0111. The summed E-state index contributed by atoms with van der Waals surface area (Å²) in [6, 6.07) is 0. The Bertz CT molecular complexity index is 328. The minimum atomic E-state index is 0.0111. The van der Waals surface area contributed by atoms with Crippen molar-refractivity contribution in [3.63, 3.8) is 0 Å². The average molecular weight is 207 g/mol. The first-order chi connectivity index (χ1) is 7.24. The Morgan fingerprint density at radius 1 is 1.60 bits per heavy atom. The van der Waals surface area contributed by atoms with E-state index in [1.807, 2.05) is 30.7 Å². The maximum absolute atomic E-state index is 11.5. The predicted octanol–water partition coefficient (Wildman–Crippen LogP) is 1.36. The summed E-state index contributed by atoms with van der Waals surface area (Å²) in [5, 5.41) is 2.85. The van der Waals surface area contributed by atoms with E-state index in [1.54, 1.807) is 12.5 Å². The Balaban J connectivity index is 2.26. The van der Waals surface area contributed by atoms with Crippen LogP contribution in [0, 0.1) is 0 Å². The van der Waals surface area contributed by atoms with Crippen LogP contribution in [0.15, 0.2) is 30.4 Å². The van der Waals surface area contributed by atoms with Gasteiger partial charge in [-0.15, -0.1) is 0 Å². The fourth-order valence-electron chi connectivity index (χ4n) is 1.26. The van der Waals surface area contributed by atoms with Gasteiger partial charge in [-0.3, -0.25) is 4.79 Å². The van der Waals surface area contributed by atoms with Crippen molar-refractivity contribution in [1.29, 1.82) is 0 Å². The quantitative estimate of drug-likeness (QED) is 0.741. The lowest BCUT2D eigenvalue weighted by atomic mass is 10.2. The van der Waals surface area contributed by atoms with Gasteiger partial charge >= 0.3 is 0 Å². The summed E-state index contributed by atoms with van der Waals surface area (Å²) in [4.78, 5) is 15.4. The molecule has 1 heterocycles. The van der Waals surface area contributed by atoms with Crippen molar-refractivity contribution in [2.24, 2.45) is 0 Å². The fourth-order valence-corrected chi connectivity index (χ4v) is 1.26. The van der Waals surface area contributed by atoms with E-state index in [-0.39, 0.29) is 5.91 Å². The topological polar surface area (TPSA) is 46.9 Å². The van der Waals surface area contributed by atoms with Gasteiger partial charge in [-0.25, -0.2) is 4.98 Å². The van der Waals surface area contributed by atoms with E-state index < -0.39 is 0 Å². The first-order valence-electron chi connectivity index (χ1n) is 5.14. The van der Waals surface area contributed by atoms with Gasteiger partial charge in [0.2, 0.25) is 5.91 Å². The molecule has 0 unspecified atom stereocenters. The largest absolute Gasteiger partial charge is 0.351 e. The normalized spacial score (nSPS) is 11.5. The number of aromatic nitrogens is 2. The number of nitrogens with zero attached hydrogens (tertiary/aromatic N) is 2. The number of amides is 1. The molecule has 4 heteroatoms. The molecule has 1 aromatic rings. The molecule has 4 nitrogen and oxygen atoms in total. The molecule has 0 spiro atoms. The molecule has 1 rings (SSSR count). The Hall–Kier alpha value is -1.58. The molecule has 0 saturated carbocycles. The van der Waals surface area contributed by atoms with Crippen LogP contribution in [-0.4, -0.2) is 22.0 Å². The van der Waals surface area contributed by atoms with Crippen molar-refractivity contribution in [3.05, 3.63) is 30.4 Å². The van der Waals surface area contributed by atoms with Gasteiger partial charge in [0, 0.05) is 31.1 Å². The highest BCUT2D eigenvalue weighted by Gasteiger charge is 2.01. The average Bonchev–Trinajstić information content (AvgIpc) is 2.71. The van der Waals surface area contributed by atoms with Crippen LogP contribution in [0.4, 0.5) is 0 Å². The zero-order valence-electron chi connectivity index (χ0n) is 9.23. The van der Waals surface area contributed by atoms with Crippen molar-refractivity contribution >= 4 is 5.91 Å². The molecule has 1 amide bonds. The molecule has 1 aromatic heterocycles. The minimum absolute atomic E-state index is 0.0111. The lowest BCUT2D eigenvalue weighted by Crippen LogP contribution is -2.27. The summed E-state index contributed by atoms with van der Waals surface area (Å²) < 4.78 is 1.93. The molecule has 0 aliphatic rings. The van der Waals surface area contributed by atoms with Crippen LogP contribution >= 0.6 is 0 Å². The van der Waals surface area contributed by atoms with Crippen LogP contribution in [-0.2, 0) is 11.3 Å². The summed E-state index contributed by atoms with van der Waals surface area (Å²) in [6.07, 6.45) is 8.15. The highest BCUT2D eigenvalue weighted by molar-refractivity contribution is 5.92. The zero-order valence-corrected chi connectivity index (χ0v) is 9.23. The second-order valence-electron chi connectivity index (χ2n) is 3.35. The molecule has 0 aliphatic carbocycles. The number of nitrogens with one attached hydrogen (secondary N) is 1. The Morgan fingerprint density at radius 3 is 3.00 bits per heavy atom. The maximum Gasteiger partial charge on any atom is 0.246 e. The SMILES string of the molecule is CCC=C(C)C(=O)NCCn1ccnc1. The van der Waals surface area contributed by atoms with Gasteiger partial charge in [-0.05, 0) is 13.3 Å². The maximum atomic E-state index is 11.5. The first kappa shape index (κ1) is 11.5. The Kier molecular flexibility index (Phi) is 4.60. The van der Waals surface area contributed by atoms with E-state index in [1.165, 1.54) is 0 Å². The van der Waals surface area contributed by atoms with Crippen LogP contribution in [0.3, 0.4) is 0 Å². The molecule has 0 radical (unpaired) electrons. The summed E-state index contributed by atoms with van der Waals surface area (Å²) in [5.41, 5.74) is 0.781. The second kappa shape index (κ2) is 6.01. The number of hydrogen-bond donors (Lipinski definition) is 1. The number of carbonyl (C=O) groups excluding carboxylic acids is 1. The van der Waals surface area contributed by atoms with E-state index in [2.05, 4.69) is 10.3 Å². The van der Waals surface area contributed by atoms with Crippen molar-refractivity contribution < 1.29 is 4.79 Å². The smallest absolute Gasteiger partial charge is 0.246 e. The van der Waals surface area contributed by atoms with Gasteiger partial charge in [-0.1, -0.05) is 13.0 Å². The van der Waals surface area contributed by atoms with Gasteiger partial charge < -0.3 is 9.88 Å². The summed E-state index contributed by atoms with van der Waals surface area (Å²) in [6.45, 7) is 5.23. The van der Waals surface area contributed by atoms with E-state index in [9.17, 15) is 4.79 Å². The zero-order chi connectivity index (χ0) is 11.1. The molecule has 0 aliphatic heterocycles. The molecule has 1 N–H and O–H groups in total. The van der Waals surface area contributed by atoms with E-state index >= 15 is 0 Å². The van der Waals surface area contributed by atoms with Gasteiger partial charge in [0.1, 0.15) is 0 Å². The third kappa shape index (κ3) is 3.97. The summed E-state index contributed by atoms with van der Waals surface area (Å²) in [7, 11) is 0. The number of imidazole rings is 1. The van der Waals surface area contributed by atoms with Crippen LogP contribution in [0.2, 0.25) is 0 Å². The Labute approximate surface area is 90.0 Å². The molecular formula is C11H17N3O. The lowest BCUT2D eigenvalue weighted by molar-refractivity contribution is -0.117. The number of carbonyl (C=O) groups is 1. The molecule has 0 saturated heterocycles. The van der Waals surface area contributed by atoms with Gasteiger partial charge in [0.05, 0.1) is 6.33 Å². The third-order valence-electron chi connectivity index (χ3n) is 2.08. The van der Waals surface area contributed by atoms with Crippen molar-refractivity contribution in [1.82, 2.24) is 14.9 Å². The minimum Gasteiger partial charge on any atom is -0.351 e. The lowest BCUT2D eigenvalue weighted by Gasteiger charge is -2.05. The van der Waals surface area contributed by atoms with E-state index in [4.69, 9.17) is 0 Å². The highest BCUT2D eigenvalue weighted by atomic mass is 16.1. The standard InChI is InChI=1S/C11H17N3O/c1-3-4-10(2)11(15)13-6-8-14-7-5-12-9-14/h4-5,7,9H,3,6,8H2,1-2H3,(H,13,15). The molecular weight excluding hydrogens is 190 g/mol. The molecule has 82 valence electrons. The molecule has 0 bridgehead atoms. The van der Waals surface area contributed by atoms with Crippen LogP contribution in [0.1, 0.15) is 20.3 Å². The third-order valence-corrected chi connectivity index (χ3v) is 2.08. The first-order valence-corrected chi connectivity index (χ1v) is 5.14. The summed E-state index contributed by atoms with van der Waals surface area (Å²) >= 11 is 0.